The second kappa shape index (κ2) is 13.3. The van der Waals surface area contributed by atoms with Crippen LogP contribution in [0, 0.1) is 0 Å². The van der Waals surface area contributed by atoms with Crippen molar-refractivity contribution in [3.63, 3.8) is 0 Å². The molecule has 0 unspecified atom stereocenters. The van der Waals surface area contributed by atoms with Gasteiger partial charge >= 0.3 is 0 Å². The van der Waals surface area contributed by atoms with Gasteiger partial charge in [-0.2, -0.15) is 0 Å². The van der Waals surface area contributed by atoms with Gasteiger partial charge in [0, 0.05) is 53.7 Å². The maximum absolute atomic E-state index is 5.45. The van der Waals surface area contributed by atoms with Gasteiger partial charge in [-0.3, -0.25) is 0 Å². The standard InChI is InChI=1S/C52H33N3S/c1-4-12-37(13-5-1)50-51(38-14-6-2-7-15-38)54-52-46(53-50)31-26-36-22-20-35-21-23-39(32-45(35)49(36)52)34-24-27-41(28-25-34)55(40-16-8-3-9-17-40)42-29-30-44-43-18-10-11-19-47(43)56-48(44)33-42/h1-33H. The molecule has 2 aromatic heterocycles. The van der Waals surface area contributed by atoms with Crippen LogP contribution in [0.2, 0.25) is 0 Å². The van der Waals surface area contributed by atoms with E-state index in [-0.39, 0.29) is 0 Å². The van der Waals surface area contributed by atoms with Crippen molar-refractivity contribution in [1.82, 2.24) is 9.97 Å². The first-order valence-corrected chi connectivity index (χ1v) is 19.7. The number of hydrogen-bond donors (Lipinski definition) is 0. The van der Waals surface area contributed by atoms with Crippen molar-refractivity contribution in [3.05, 3.63) is 200 Å². The first-order valence-electron chi connectivity index (χ1n) is 18.9. The van der Waals surface area contributed by atoms with Crippen LogP contribution < -0.4 is 4.90 Å². The third-order valence-electron chi connectivity index (χ3n) is 10.8. The molecule has 11 rings (SSSR count). The minimum Gasteiger partial charge on any atom is -0.310 e. The Bertz CT molecular complexity index is 3230. The van der Waals surface area contributed by atoms with Gasteiger partial charge in [0.1, 0.15) is 0 Å². The molecule has 3 nitrogen and oxygen atoms in total. The number of aromatic nitrogens is 2. The maximum atomic E-state index is 5.45. The average molecular weight is 732 g/mol. The summed E-state index contributed by atoms with van der Waals surface area (Å²) in [6.07, 6.45) is 0. The summed E-state index contributed by atoms with van der Waals surface area (Å²) in [4.78, 5) is 13.1. The summed E-state index contributed by atoms with van der Waals surface area (Å²) in [5.41, 5.74) is 11.3. The van der Waals surface area contributed by atoms with Crippen LogP contribution in [0.3, 0.4) is 0 Å². The van der Waals surface area contributed by atoms with Crippen molar-refractivity contribution in [1.29, 1.82) is 0 Å². The summed E-state index contributed by atoms with van der Waals surface area (Å²) >= 11 is 1.85. The summed E-state index contributed by atoms with van der Waals surface area (Å²) in [7, 11) is 0. The zero-order valence-electron chi connectivity index (χ0n) is 30.3. The Labute approximate surface area is 328 Å². The zero-order chi connectivity index (χ0) is 37.0. The molecule has 0 atom stereocenters. The zero-order valence-corrected chi connectivity index (χ0v) is 31.1. The smallest absolute Gasteiger partial charge is 0.0979 e. The van der Waals surface area contributed by atoms with Gasteiger partial charge in [0.2, 0.25) is 0 Å². The van der Waals surface area contributed by atoms with E-state index in [2.05, 4.69) is 193 Å². The fourth-order valence-corrected chi connectivity index (χ4v) is 9.25. The largest absolute Gasteiger partial charge is 0.310 e. The lowest BCUT2D eigenvalue weighted by atomic mass is 9.95. The number of anilines is 3. The normalized spacial score (nSPS) is 11.6. The molecule has 0 saturated heterocycles. The number of hydrogen-bond acceptors (Lipinski definition) is 4. The molecule has 0 aliphatic heterocycles. The lowest BCUT2D eigenvalue weighted by Gasteiger charge is -2.25. The second-order valence-electron chi connectivity index (χ2n) is 14.2. The minimum atomic E-state index is 0.883. The van der Waals surface area contributed by atoms with E-state index in [1.54, 1.807) is 0 Å². The van der Waals surface area contributed by atoms with E-state index in [1.165, 1.54) is 25.6 Å². The summed E-state index contributed by atoms with van der Waals surface area (Å²) in [5, 5.41) is 7.21. The summed E-state index contributed by atoms with van der Waals surface area (Å²) in [5.74, 6) is 0. The van der Waals surface area contributed by atoms with E-state index in [9.17, 15) is 0 Å². The van der Waals surface area contributed by atoms with Gasteiger partial charge in [-0.25, -0.2) is 9.97 Å². The number of fused-ring (bicyclic) bond motifs is 8. The van der Waals surface area contributed by atoms with Gasteiger partial charge in [0.05, 0.1) is 22.4 Å². The Balaban J connectivity index is 1.04. The van der Waals surface area contributed by atoms with Crippen molar-refractivity contribution in [3.8, 4) is 33.6 Å². The van der Waals surface area contributed by atoms with Crippen molar-refractivity contribution < 1.29 is 0 Å². The average Bonchev–Trinajstić information content (AvgIpc) is 3.65. The molecule has 11 aromatic rings. The van der Waals surface area contributed by atoms with Crippen LogP contribution in [0.5, 0.6) is 0 Å². The maximum Gasteiger partial charge on any atom is 0.0979 e. The highest BCUT2D eigenvalue weighted by molar-refractivity contribution is 7.25. The first kappa shape index (κ1) is 32.3. The molecule has 0 bridgehead atoms. The van der Waals surface area contributed by atoms with Crippen LogP contribution in [0.1, 0.15) is 0 Å². The highest BCUT2D eigenvalue weighted by atomic mass is 32.1. The molecule has 0 amide bonds. The van der Waals surface area contributed by atoms with E-state index in [4.69, 9.17) is 9.97 Å². The Kier molecular flexibility index (Phi) is 7.68. The lowest BCUT2D eigenvalue weighted by Crippen LogP contribution is -2.09. The molecule has 4 heteroatoms. The van der Waals surface area contributed by atoms with Crippen LogP contribution >= 0.6 is 11.3 Å². The number of benzene rings is 9. The highest BCUT2D eigenvalue weighted by Gasteiger charge is 2.18. The minimum absolute atomic E-state index is 0.883. The van der Waals surface area contributed by atoms with Crippen LogP contribution in [0.25, 0.3) is 86.4 Å². The Morgan fingerprint density at radius 2 is 0.929 bits per heavy atom. The summed E-state index contributed by atoms with van der Waals surface area (Å²) in [6.45, 7) is 0. The van der Waals surface area contributed by atoms with Gasteiger partial charge in [-0.15, -0.1) is 11.3 Å². The van der Waals surface area contributed by atoms with Gasteiger partial charge in [0.15, 0.2) is 0 Å². The lowest BCUT2D eigenvalue weighted by molar-refractivity contribution is 1.29. The number of para-hydroxylation sites is 1. The van der Waals surface area contributed by atoms with Crippen molar-refractivity contribution in [2.45, 2.75) is 0 Å². The molecule has 0 N–H and O–H groups in total. The van der Waals surface area contributed by atoms with Gasteiger partial charge in [-0.05, 0) is 81.9 Å². The molecule has 56 heavy (non-hydrogen) atoms. The predicted octanol–water partition coefficient (Wildman–Crippen LogP) is 14.8. The molecule has 0 aliphatic rings. The van der Waals surface area contributed by atoms with E-state index in [0.29, 0.717) is 0 Å². The third kappa shape index (κ3) is 5.50. The van der Waals surface area contributed by atoms with E-state index >= 15 is 0 Å². The molecular weight excluding hydrogens is 699 g/mol. The molecule has 0 fully saturated rings. The topological polar surface area (TPSA) is 29.0 Å². The van der Waals surface area contributed by atoms with Crippen molar-refractivity contribution >= 4 is 81.1 Å². The third-order valence-corrected chi connectivity index (χ3v) is 12.0. The Hall–Kier alpha value is -7.14. The fourth-order valence-electron chi connectivity index (χ4n) is 8.11. The molecule has 0 spiro atoms. The molecule has 0 aliphatic carbocycles. The van der Waals surface area contributed by atoms with Crippen LogP contribution in [0.15, 0.2) is 200 Å². The van der Waals surface area contributed by atoms with Crippen LogP contribution in [-0.4, -0.2) is 9.97 Å². The number of thiophene rings is 1. The van der Waals surface area contributed by atoms with Gasteiger partial charge < -0.3 is 4.90 Å². The van der Waals surface area contributed by atoms with Gasteiger partial charge in [-0.1, -0.05) is 146 Å². The molecule has 9 aromatic carbocycles. The Morgan fingerprint density at radius 3 is 1.70 bits per heavy atom. The molecule has 2 heterocycles. The van der Waals surface area contributed by atoms with Crippen LogP contribution in [-0.2, 0) is 0 Å². The van der Waals surface area contributed by atoms with E-state index in [1.807, 2.05) is 23.5 Å². The van der Waals surface area contributed by atoms with Crippen molar-refractivity contribution in [2.75, 3.05) is 4.90 Å². The second-order valence-corrected chi connectivity index (χ2v) is 15.3. The van der Waals surface area contributed by atoms with E-state index < -0.39 is 0 Å². The molecule has 262 valence electrons. The fraction of sp³-hybridized carbons (Fsp3) is 0. The summed E-state index contributed by atoms with van der Waals surface area (Å²) < 4.78 is 2.60. The summed E-state index contributed by atoms with van der Waals surface area (Å²) in [6, 6.07) is 71.4. The van der Waals surface area contributed by atoms with Gasteiger partial charge in [0.25, 0.3) is 0 Å². The van der Waals surface area contributed by atoms with Crippen molar-refractivity contribution in [2.24, 2.45) is 0 Å². The predicted molar refractivity (Wildman–Crippen MR) is 238 cm³/mol. The number of rotatable bonds is 6. The van der Waals surface area contributed by atoms with Crippen LogP contribution in [0.4, 0.5) is 17.1 Å². The number of nitrogens with zero attached hydrogens (tertiary/aromatic N) is 3. The molecular formula is C52H33N3S. The quantitative estimate of drug-likeness (QED) is 0.159. The molecule has 0 saturated carbocycles. The monoisotopic (exact) mass is 731 g/mol. The van der Waals surface area contributed by atoms with E-state index in [0.717, 1.165) is 77.9 Å². The molecule has 0 radical (unpaired) electrons. The Morgan fingerprint density at radius 1 is 0.357 bits per heavy atom. The highest BCUT2D eigenvalue weighted by Crippen LogP contribution is 2.42. The first-order chi connectivity index (χ1) is 27.7. The SMILES string of the molecule is c1ccc(-c2nc3ccc4ccc5ccc(-c6ccc(N(c7ccccc7)c7ccc8c(c7)sc7ccccc78)cc6)cc5c4c3nc2-c2ccccc2)cc1.